The van der Waals surface area contributed by atoms with Gasteiger partial charge in [0.15, 0.2) is 0 Å². The number of hydrogen-bond acceptors (Lipinski definition) is 7. The molecule has 5 N–H and O–H groups in total. The minimum atomic E-state index is -1.43. The lowest BCUT2D eigenvalue weighted by Crippen LogP contribution is -2.60. The van der Waals surface area contributed by atoms with E-state index in [0.29, 0.717) is 21.8 Å². The first-order chi connectivity index (χ1) is 16.1. The molecule has 0 saturated carbocycles. The second-order valence-electron chi connectivity index (χ2n) is 8.64. The molecule has 0 radical (unpaired) electrons. The fraction of sp³-hybridized carbons (Fsp3) is 0.348. The van der Waals surface area contributed by atoms with Crippen LogP contribution in [0.4, 0.5) is 15.8 Å². The largest absolute Gasteiger partial charge is 0.396 e. The number of nitrogen functional groups attached to an aromatic ring is 1. The highest BCUT2D eigenvalue weighted by molar-refractivity contribution is 6.30. The summed E-state index contributed by atoms with van der Waals surface area (Å²) < 4.78 is 15.1. The minimum absolute atomic E-state index is 0.0251. The van der Waals surface area contributed by atoms with Gasteiger partial charge in [-0.05, 0) is 30.7 Å². The van der Waals surface area contributed by atoms with Gasteiger partial charge >= 0.3 is 0 Å². The summed E-state index contributed by atoms with van der Waals surface area (Å²) in [7, 11) is 1.67. The highest BCUT2D eigenvalue weighted by Gasteiger charge is 2.41. The number of hydrogen-bond donors (Lipinski definition) is 4. The predicted octanol–water partition coefficient (Wildman–Crippen LogP) is 2.02. The number of nitrogens with two attached hydrogens (primary N) is 1. The zero-order valence-corrected chi connectivity index (χ0v) is 19.6. The van der Waals surface area contributed by atoms with Gasteiger partial charge in [-0.3, -0.25) is 19.5 Å². The quantitative estimate of drug-likeness (QED) is 0.375. The highest BCUT2D eigenvalue weighted by atomic mass is 35.5. The number of carbonyl (C=O) groups excluding carboxylic acids is 1. The van der Waals surface area contributed by atoms with Crippen LogP contribution in [0.1, 0.15) is 24.3 Å². The Labute approximate surface area is 200 Å². The topological polar surface area (TPSA) is 126 Å². The third kappa shape index (κ3) is 4.70. The fourth-order valence-electron chi connectivity index (χ4n) is 4.06. The molecule has 4 rings (SSSR count). The molecular weight excluding hydrogens is 463 g/mol. The zero-order chi connectivity index (χ0) is 24.6. The van der Waals surface area contributed by atoms with Crippen molar-refractivity contribution >= 4 is 39.9 Å². The number of anilines is 2. The van der Waals surface area contributed by atoms with Crippen molar-refractivity contribution in [3.8, 4) is 0 Å². The van der Waals surface area contributed by atoms with Crippen molar-refractivity contribution in [2.24, 2.45) is 0 Å². The number of pyridine rings is 2. The lowest BCUT2D eigenvalue weighted by molar-refractivity contribution is -0.144. The van der Waals surface area contributed by atoms with Gasteiger partial charge in [-0.2, -0.15) is 0 Å². The maximum atomic E-state index is 13.9. The van der Waals surface area contributed by atoms with E-state index in [2.05, 4.69) is 15.6 Å². The predicted molar refractivity (Wildman–Crippen MR) is 129 cm³/mol. The summed E-state index contributed by atoms with van der Waals surface area (Å²) in [6.45, 7) is 1.28. The van der Waals surface area contributed by atoms with Crippen molar-refractivity contribution in [2.45, 2.75) is 31.9 Å². The van der Waals surface area contributed by atoms with E-state index in [1.165, 1.54) is 28.7 Å². The molecule has 1 aliphatic heterocycles. The molecule has 180 valence electrons. The molecule has 0 spiro atoms. The summed E-state index contributed by atoms with van der Waals surface area (Å²) >= 11 is 5.91. The van der Waals surface area contributed by atoms with E-state index in [9.17, 15) is 19.1 Å². The van der Waals surface area contributed by atoms with Crippen LogP contribution >= 0.6 is 11.6 Å². The van der Waals surface area contributed by atoms with Gasteiger partial charge in [0.25, 0.3) is 5.56 Å². The number of fused-ring (bicyclic) bond motifs is 1. The molecule has 1 atom stereocenters. The Morgan fingerprint density at radius 3 is 2.65 bits per heavy atom. The van der Waals surface area contributed by atoms with E-state index < -0.39 is 23.4 Å². The molecule has 1 amide bonds. The molecule has 1 fully saturated rings. The first-order valence-electron chi connectivity index (χ1n) is 10.7. The highest BCUT2D eigenvalue weighted by Crippen LogP contribution is 2.29. The number of aromatic nitrogens is 2. The number of alkyl halides is 1. The molecule has 1 aromatic carbocycles. The van der Waals surface area contributed by atoms with Gasteiger partial charge in [0.1, 0.15) is 24.1 Å². The molecule has 9 nitrogen and oxygen atoms in total. The average molecular weight is 489 g/mol. The lowest BCUT2D eigenvalue weighted by atomic mass is 9.99. The molecule has 3 aromatic rings. The van der Waals surface area contributed by atoms with E-state index >= 15 is 0 Å². The summed E-state index contributed by atoms with van der Waals surface area (Å²) in [5, 5.41) is 17.8. The number of aliphatic hydroxyl groups is 1. The fourth-order valence-corrected chi connectivity index (χ4v) is 4.19. The smallest absolute Gasteiger partial charge is 0.259 e. The van der Waals surface area contributed by atoms with Crippen LogP contribution in [-0.4, -0.2) is 51.3 Å². The van der Waals surface area contributed by atoms with Crippen LogP contribution < -0.4 is 21.9 Å². The second-order valence-corrected chi connectivity index (χ2v) is 9.08. The number of amides is 1. The van der Waals surface area contributed by atoms with E-state index in [1.807, 2.05) is 0 Å². The molecule has 1 aliphatic rings. The first kappa shape index (κ1) is 23.9. The van der Waals surface area contributed by atoms with Crippen LogP contribution in [0.3, 0.4) is 0 Å². The summed E-state index contributed by atoms with van der Waals surface area (Å²) in [6.07, 6.45) is 0.0596. The minimum Gasteiger partial charge on any atom is -0.396 e. The zero-order valence-electron chi connectivity index (χ0n) is 18.8. The van der Waals surface area contributed by atoms with Crippen LogP contribution in [0.15, 0.2) is 41.3 Å². The molecular formula is C23H26ClFN6O3. The van der Waals surface area contributed by atoms with Gasteiger partial charge in [0, 0.05) is 24.0 Å². The van der Waals surface area contributed by atoms with Crippen LogP contribution in [0.25, 0.3) is 11.0 Å². The number of aliphatic hydroxyl groups excluding tert-OH is 1. The van der Waals surface area contributed by atoms with Crippen molar-refractivity contribution in [1.82, 2.24) is 19.8 Å². The van der Waals surface area contributed by atoms with Gasteiger partial charge in [0.2, 0.25) is 5.91 Å². The standard InChI is InChI=1S/C23H26ClFN6O3/c1-23(25)11-30(12-23)18(32)10-31-20-15(19(27-2)17(26)9-28-20)7-16(22(31)34)21(33)29-8-13-3-5-14(24)6-4-13/h3-7,9,21,29,33H,8,10-12,26H2,1-2H3,(H,27,28). The van der Waals surface area contributed by atoms with E-state index in [-0.39, 0.29) is 37.4 Å². The second kappa shape index (κ2) is 9.21. The molecule has 1 saturated heterocycles. The molecule has 1 unspecified atom stereocenters. The SMILES string of the molecule is CNc1c(N)cnc2c1cc(C(O)NCc1ccc(Cl)cc1)c(=O)n2CC(=O)N1CC(C)(F)C1. The van der Waals surface area contributed by atoms with Crippen molar-refractivity contribution in [3.63, 3.8) is 0 Å². The number of halogens is 2. The number of rotatable bonds is 7. The number of likely N-dealkylation sites (tertiary alicyclic amines) is 1. The van der Waals surface area contributed by atoms with Gasteiger partial charge in [-0.1, -0.05) is 23.7 Å². The Morgan fingerprint density at radius 2 is 2.03 bits per heavy atom. The normalized spacial score (nSPS) is 15.7. The Balaban J connectivity index is 1.71. The number of benzene rings is 1. The number of nitrogens with zero attached hydrogens (tertiary/aromatic N) is 3. The summed E-state index contributed by atoms with van der Waals surface area (Å²) in [6, 6.07) is 8.57. The van der Waals surface area contributed by atoms with Crippen molar-refractivity contribution in [2.75, 3.05) is 31.2 Å². The molecule has 11 heteroatoms. The summed E-state index contributed by atoms with van der Waals surface area (Å²) in [4.78, 5) is 31.7. The number of carbonyl (C=O) groups is 1. The van der Waals surface area contributed by atoms with E-state index in [4.69, 9.17) is 17.3 Å². The van der Waals surface area contributed by atoms with Gasteiger partial charge < -0.3 is 21.1 Å². The maximum absolute atomic E-state index is 13.9. The number of nitrogens with one attached hydrogen (secondary N) is 2. The van der Waals surface area contributed by atoms with Gasteiger partial charge in [-0.15, -0.1) is 0 Å². The summed E-state index contributed by atoms with van der Waals surface area (Å²) in [5.74, 6) is -0.413. The van der Waals surface area contributed by atoms with E-state index in [1.54, 1.807) is 31.3 Å². The van der Waals surface area contributed by atoms with Crippen molar-refractivity contribution in [3.05, 3.63) is 63.0 Å². The van der Waals surface area contributed by atoms with Crippen molar-refractivity contribution in [1.29, 1.82) is 0 Å². The van der Waals surface area contributed by atoms with E-state index in [0.717, 1.165) is 5.56 Å². The third-order valence-electron chi connectivity index (χ3n) is 5.82. The van der Waals surface area contributed by atoms with Crippen LogP contribution in [0.5, 0.6) is 0 Å². The first-order valence-corrected chi connectivity index (χ1v) is 11.1. The molecule has 3 heterocycles. The Kier molecular flexibility index (Phi) is 6.48. The monoisotopic (exact) mass is 488 g/mol. The Morgan fingerprint density at radius 1 is 1.35 bits per heavy atom. The summed E-state index contributed by atoms with van der Waals surface area (Å²) in [5.41, 5.74) is 6.00. The van der Waals surface area contributed by atoms with Crippen LogP contribution in [0.2, 0.25) is 5.02 Å². The average Bonchev–Trinajstić information content (AvgIpc) is 2.78. The molecule has 0 aliphatic carbocycles. The lowest BCUT2D eigenvalue weighted by Gasteiger charge is -2.42. The van der Waals surface area contributed by atoms with Crippen LogP contribution in [-0.2, 0) is 17.9 Å². The van der Waals surface area contributed by atoms with Gasteiger partial charge in [-0.25, -0.2) is 9.37 Å². The Bertz CT molecular complexity index is 1290. The van der Waals surface area contributed by atoms with Gasteiger partial charge in [0.05, 0.1) is 36.2 Å². The molecule has 0 bridgehead atoms. The Hall–Kier alpha value is -3.21. The molecule has 34 heavy (non-hydrogen) atoms. The van der Waals surface area contributed by atoms with Crippen LogP contribution in [0, 0.1) is 0 Å². The van der Waals surface area contributed by atoms with Crippen molar-refractivity contribution < 1.29 is 14.3 Å². The third-order valence-corrected chi connectivity index (χ3v) is 6.07. The molecule has 2 aromatic heterocycles. The maximum Gasteiger partial charge on any atom is 0.259 e.